The number of rotatable bonds is 6. The quantitative estimate of drug-likeness (QED) is 0.164. The van der Waals surface area contributed by atoms with Crippen LogP contribution in [0.4, 0.5) is 0 Å². The fourth-order valence-corrected chi connectivity index (χ4v) is 3.34. The average Bonchev–Trinajstić information content (AvgIpc) is 2.80. The molecule has 174 valence electrons. The van der Waals surface area contributed by atoms with Crippen molar-refractivity contribution in [1.29, 1.82) is 0 Å². The number of hydrogen-bond acceptors (Lipinski definition) is 7. The van der Waals surface area contributed by atoms with Gasteiger partial charge in [-0.1, -0.05) is 43.5 Å². The third-order valence-electron chi connectivity index (χ3n) is 4.26. The van der Waals surface area contributed by atoms with Crippen molar-refractivity contribution in [3.8, 4) is 17.2 Å². The van der Waals surface area contributed by atoms with E-state index in [1.807, 2.05) is 6.92 Å². The van der Waals surface area contributed by atoms with E-state index in [4.69, 9.17) is 0 Å². The third kappa shape index (κ3) is 7.42. The maximum Gasteiger partial charge on any atom is 0.257 e. The van der Waals surface area contributed by atoms with Crippen LogP contribution in [0, 0.1) is 6.92 Å². The molecule has 0 saturated carbocycles. The summed E-state index contributed by atoms with van der Waals surface area (Å²) in [5, 5.41) is 45.9. The molecule has 0 aliphatic rings. The zero-order valence-electron chi connectivity index (χ0n) is 17.8. The molecular weight excluding hydrogens is 568 g/mol. The molecule has 9 nitrogen and oxygen atoms in total. The number of aromatic hydroxyl groups is 3. The van der Waals surface area contributed by atoms with Crippen LogP contribution in [0.3, 0.4) is 0 Å². The number of hydrazone groups is 2. The van der Waals surface area contributed by atoms with Gasteiger partial charge in [0.05, 0.1) is 18.6 Å². The van der Waals surface area contributed by atoms with Crippen molar-refractivity contribution in [1.82, 2.24) is 10.9 Å². The highest BCUT2D eigenvalue weighted by Crippen LogP contribution is 2.21. The number of nitrogens with zero attached hydrogens (tertiary/aromatic N) is 4. The third-order valence-corrected chi connectivity index (χ3v) is 5.25. The summed E-state index contributed by atoms with van der Waals surface area (Å²) in [6.07, 6.45) is 4.19. The molecule has 0 fully saturated rings. The zero-order chi connectivity index (χ0) is 24.5. The number of halogens is 2. The molecule has 0 atom stereocenters. The van der Waals surface area contributed by atoms with E-state index in [9.17, 15) is 15.3 Å². The lowest BCUT2D eigenvalue weighted by molar-refractivity contribution is 0.474. The van der Waals surface area contributed by atoms with Crippen molar-refractivity contribution < 1.29 is 15.3 Å². The predicted molar refractivity (Wildman–Crippen MR) is 141 cm³/mol. The van der Waals surface area contributed by atoms with Crippen LogP contribution in [0.15, 0.2) is 83.9 Å². The van der Waals surface area contributed by atoms with Gasteiger partial charge in [-0.25, -0.2) is 10.9 Å². The standard InChI is InChI=1S/C23H20Br2N6O3/c1-14-2-5-20(32)15(8-14)11-26-29-23(30-27-12-16-9-18(24)3-6-21(16)33)31-28-13-17-10-19(25)4-7-22(17)34/h2-13,32-34H,1H3,(H2,29,30,31)/b26-11-,27-12+,28-13+. The molecule has 0 heterocycles. The first-order chi connectivity index (χ1) is 16.3. The molecule has 0 spiro atoms. The Labute approximate surface area is 212 Å². The summed E-state index contributed by atoms with van der Waals surface area (Å²) < 4.78 is 1.55. The van der Waals surface area contributed by atoms with Crippen LogP contribution in [0.5, 0.6) is 17.2 Å². The van der Waals surface area contributed by atoms with Gasteiger partial charge in [0.15, 0.2) is 0 Å². The number of benzene rings is 3. The Balaban J connectivity index is 1.80. The van der Waals surface area contributed by atoms with Gasteiger partial charge in [0.2, 0.25) is 0 Å². The molecular formula is C23H20Br2N6O3. The molecule has 0 aliphatic heterocycles. The Hall–Kier alpha value is -3.70. The molecule has 3 rings (SSSR count). The lowest BCUT2D eigenvalue weighted by Gasteiger charge is -2.04. The largest absolute Gasteiger partial charge is 0.507 e. The van der Waals surface area contributed by atoms with Crippen molar-refractivity contribution in [3.05, 3.63) is 85.8 Å². The molecule has 0 saturated heterocycles. The fraction of sp³-hybridized carbons (Fsp3) is 0.0435. The van der Waals surface area contributed by atoms with Crippen LogP contribution >= 0.6 is 31.9 Å². The summed E-state index contributed by atoms with van der Waals surface area (Å²) in [5.41, 5.74) is 7.72. The van der Waals surface area contributed by atoms with Gasteiger partial charge in [-0.2, -0.15) is 15.3 Å². The highest BCUT2D eigenvalue weighted by molar-refractivity contribution is 9.10. The van der Waals surface area contributed by atoms with E-state index in [0.29, 0.717) is 16.7 Å². The lowest BCUT2D eigenvalue weighted by Crippen LogP contribution is -2.30. The minimum atomic E-state index is 0.0415. The van der Waals surface area contributed by atoms with Gasteiger partial charge in [-0.05, 0) is 55.5 Å². The van der Waals surface area contributed by atoms with Crippen LogP contribution in [-0.2, 0) is 0 Å². The van der Waals surface area contributed by atoms with Gasteiger partial charge >= 0.3 is 0 Å². The number of phenols is 3. The highest BCUT2D eigenvalue weighted by atomic mass is 79.9. The van der Waals surface area contributed by atoms with Gasteiger partial charge in [0.25, 0.3) is 5.96 Å². The fourth-order valence-electron chi connectivity index (χ4n) is 2.58. The smallest absolute Gasteiger partial charge is 0.257 e. The number of phenolic OH excluding ortho intramolecular Hbond substituents is 3. The number of nitrogens with one attached hydrogen (secondary N) is 2. The molecule has 0 aliphatic carbocycles. The minimum absolute atomic E-state index is 0.0415. The summed E-state index contributed by atoms with van der Waals surface area (Å²) in [7, 11) is 0. The lowest BCUT2D eigenvalue weighted by atomic mass is 10.1. The van der Waals surface area contributed by atoms with E-state index in [0.717, 1.165) is 14.5 Å². The van der Waals surface area contributed by atoms with E-state index in [1.54, 1.807) is 42.5 Å². The van der Waals surface area contributed by atoms with Gasteiger partial charge in [0.1, 0.15) is 17.2 Å². The number of guanidine groups is 1. The van der Waals surface area contributed by atoms with E-state index >= 15 is 0 Å². The summed E-state index contributed by atoms with van der Waals surface area (Å²) in [6.45, 7) is 1.90. The molecule has 0 bridgehead atoms. The van der Waals surface area contributed by atoms with Gasteiger partial charge < -0.3 is 15.3 Å². The van der Waals surface area contributed by atoms with Gasteiger partial charge in [-0.15, -0.1) is 5.10 Å². The Morgan fingerprint density at radius 3 is 1.74 bits per heavy atom. The van der Waals surface area contributed by atoms with E-state index in [2.05, 4.69) is 63.1 Å². The van der Waals surface area contributed by atoms with Crippen LogP contribution in [0.2, 0.25) is 0 Å². The van der Waals surface area contributed by atoms with Gasteiger partial charge in [-0.3, -0.25) is 0 Å². The first-order valence-electron chi connectivity index (χ1n) is 9.77. The van der Waals surface area contributed by atoms with Crippen molar-refractivity contribution in [3.63, 3.8) is 0 Å². The molecule has 0 radical (unpaired) electrons. The number of aryl methyl sites for hydroxylation is 1. The molecule has 5 N–H and O–H groups in total. The molecule has 3 aromatic carbocycles. The Morgan fingerprint density at radius 1 is 0.706 bits per heavy atom. The molecule has 3 aromatic rings. The normalized spacial score (nSPS) is 12.1. The van der Waals surface area contributed by atoms with E-state index in [1.165, 1.54) is 30.8 Å². The summed E-state index contributed by atoms with van der Waals surface area (Å²) in [4.78, 5) is 0. The molecule has 0 aromatic heterocycles. The zero-order valence-corrected chi connectivity index (χ0v) is 21.0. The first-order valence-corrected chi connectivity index (χ1v) is 11.4. The second-order valence-corrected chi connectivity index (χ2v) is 8.73. The summed E-state index contributed by atoms with van der Waals surface area (Å²) in [6, 6.07) is 15.0. The maximum absolute atomic E-state index is 9.96. The molecule has 34 heavy (non-hydrogen) atoms. The van der Waals surface area contributed by atoms with Crippen molar-refractivity contribution in [2.24, 2.45) is 20.4 Å². The highest BCUT2D eigenvalue weighted by Gasteiger charge is 2.02. The van der Waals surface area contributed by atoms with Gasteiger partial charge in [0, 0.05) is 25.6 Å². The van der Waals surface area contributed by atoms with Crippen molar-refractivity contribution in [2.45, 2.75) is 6.92 Å². The maximum atomic E-state index is 9.96. The molecule has 11 heteroatoms. The van der Waals surface area contributed by atoms with E-state index in [-0.39, 0.29) is 23.2 Å². The second kappa shape index (κ2) is 12.0. The summed E-state index contributed by atoms with van der Waals surface area (Å²) in [5.74, 6) is 0.214. The molecule has 0 unspecified atom stereocenters. The average molecular weight is 588 g/mol. The van der Waals surface area contributed by atoms with Crippen LogP contribution < -0.4 is 10.9 Å². The first kappa shape index (κ1) is 24.9. The monoisotopic (exact) mass is 586 g/mol. The molecule has 0 amide bonds. The van der Waals surface area contributed by atoms with Crippen LogP contribution in [0.25, 0.3) is 0 Å². The Kier molecular flexibility index (Phi) is 8.77. The SMILES string of the molecule is Cc1ccc(O)c(/C=N\N/C(=N/N=C/c2cc(Br)ccc2O)N/N=C/c2cc(Br)ccc2O)c1. The summed E-state index contributed by atoms with van der Waals surface area (Å²) >= 11 is 6.68. The Bertz CT molecular complexity index is 1230. The minimum Gasteiger partial charge on any atom is -0.507 e. The van der Waals surface area contributed by atoms with E-state index < -0.39 is 0 Å². The Morgan fingerprint density at radius 2 is 1.18 bits per heavy atom. The van der Waals surface area contributed by atoms with Crippen LogP contribution in [-0.4, -0.2) is 39.9 Å². The number of hydrogen-bond donors (Lipinski definition) is 5. The van der Waals surface area contributed by atoms with Crippen molar-refractivity contribution in [2.75, 3.05) is 0 Å². The van der Waals surface area contributed by atoms with Crippen LogP contribution in [0.1, 0.15) is 22.3 Å². The topological polar surface area (TPSA) is 134 Å². The van der Waals surface area contributed by atoms with Crippen molar-refractivity contribution >= 4 is 56.5 Å². The predicted octanol–water partition coefficient (Wildman–Crippen LogP) is 4.57. The second-order valence-electron chi connectivity index (χ2n) is 6.90.